The van der Waals surface area contributed by atoms with Crippen molar-refractivity contribution < 1.29 is 4.79 Å². The van der Waals surface area contributed by atoms with Crippen LogP contribution in [-0.4, -0.2) is 24.2 Å². The molecule has 4 heteroatoms. The Balaban J connectivity index is 3.15. The van der Waals surface area contributed by atoms with E-state index in [9.17, 15) is 4.79 Å². The summed E-state index contributed by atoms with van der Waals surface area (Å²) >= 11 is 8.81. The van der Waals surface area contributed by atoms with Crippen LogP contribution in [0.25, 0.3) is 0 Å². The van der Waals surface area contributed by atoms with Crippen LogP contribution in [0.4, 0.5) is 0 Å². The number of hydrogen-bond acceptors (Lipinski definition) is 3. The van der Waals surface area contributed by atoms with Gasteiger partial charge in [0.1, 0.15) is 0 Å². The molecule has 0 amide bonds. The lowest BCUT2D eigenvalue weighted by molar-refractivity contribution is 0.0983. The van der Waals surface area contributed by atoms with E-state index in [1.54, 1.807) is 23.5 Å². The predicted octanol–water partition coefficient (Wildman–Crippen LogP) is 3.94. The number of Topliss-reactive ketones (excluding diaryl/α,β-unsaturated/α-hetero) is 1. The van der Waals surface area contributed by atoms with Gasteiger partial charge in [-0.1, -0.05) is 6.07 Å². The first-order chi connectivity index (χ1) is 7.24. The highest BCUT2D eigenvalue weighted by Crippen LogP contribution is 2.30. The number of ketones is 1. The van der Waals surface area contributed by atoms with E-state index in [4.69, 9.17) is 11.6 Å². The first-order valence-corrected chi connectivity index (χ1v) is 7.53. The zero-order valence-corrected chi connectivity index (χ0v) is 11.1. The fourth-order valence-corrected chi connectivity index (χ4v) is 2.86. The Labute approximate surface area is 104 Å². The summed E-state index contributed by atoms with van der Waals surface area (Å²) in [5, 5.41) is 0. The zero-order chi connectivity index (χ0) is 11.3. The first-order valence-electron chi connectivity index (χ1n) is 4.54. The Morgan fingerprint density at radius 1 is 1.27 bits per heavy atom. The van der Waals surface area contributed by atoms with Gasteiger partial charge in [0.25, 0.3) is 0 Å². The van der Waals surface area contributed by atoms with E-state index in [1.807, 2.05) is 30.7 Å². The second-order valence-electron chi connectivity index (χ2n) is 2.90. The molecule has 0 aliphatic rings. The van der Waals surface area contributed by atoms with Crippen molar-refractivity contribution in [1.29, 1.82) is 0 Å². The molecule has 1 nitrogen and oxygen atoms in total. The second kappa shape index (κ2) is 6.46. The van der Waals surface area contributed by atoms with E-state index >= 15 is 0 Å². The first kappa shape index (κ1) is 12.9. The lowest BCUT2D eigenvalue weighted by Crippen LogP contribution is -2.03. The Morgan fingerprint density at radius 3 is 2.20 bits per heavy atom. The van der Waals surface area contributed by atoms with Gasteiger partial charge in [0.15, 0.2) is 5.78 Å². The Bertz CT molecular complexity index is 330. The molecular formula is C11H13ClOS2. The van der Waals surface area contributed by atoms with Crippen LogP contribution in [0.5, 0.6) is 0 Å². The largest absolute Gasteiger partial charge is 0.294 e. The van der Waals surface area contributed by atoms with Crippen molar-refractivity contribution in [2.75, 3.05) is 18.4 Å². The van der Waals surface area contributed by atoms with Crippen molar-refractivity contribution in [2.45, 2.75) is 16.2 Å². The zero-order valence-electron chi connectivity index (χ0n) is 8.75. The standard InChI is InChI=1S/C11H13ClOS2/c1-14-9-4-3-5-10(15-2)11(9)8(13)6-7-12/h3-5H,6-7H2,1-2H3. The molecule has 0 spiro atoms. The average molecular weight is 261 g/mol. The number of benzene rings is 1. The molecule has 1 aromatic rings. The number of hydrogen-bond donors (Lipinski definition) is 0. The van der Waals surface area contributed by atoms with Crippen LogP contribution in [0, 0.1) is 0 Å². The number of thioether (sulfide) groups is 2. The molecule has 0 atom stereocenters. The minimum absolute atomic E-state index is 0.138. The summed E-state index contributed by atoms with van der Waals surface area (Å²) in [6.07, 6.45) is 4.38. The molecule has 0 fully saturated rings. The van der Waals surface area contributed by atoms with Gasteiger partial charge >= 0.3 is 0 Å². The summed E-state index contributed by atoms with van der Waals surface area (Å²) in [4.78, 5) is 14.0. The Morgan fingerprint density at radius 2 is 1.80 bits per heavy atom. The van der Waals surface area contributed by atoms with E-state index in [0.29, 0.717) is 12.3 Å². The highest BCUT2D eigenvalue weighted by Gasteiger charge is 2.14. The summed E-state index contributed by atoms with van der Waals surface area (Å²) in [7, 11) is 0. The molecule has 0 heterocycles. The van der Waals surface area contributed by atoms with E-state index in [-0.39, 0.29) is 5.78 Å². The lowest BCUT2D eigenvalue weighted by atomic mass is 10.1. The number of halogens is 1. The molecule has 0 unspecified atom stereocenters. The van der Waals surface area contributed by atoms with E-state index in [2.05, 4.69) is 0 Å². The minimum Gasteiger partial charge on any atom is -0.294 e. The van der Waals surface area contributed by atoms with Gasteiger partial charge in [0.05, 0.1) is 0 Å². The molecule has 0 saturated heterocycles. The molecule has 0 radical (unpaired) electrons. The molecule has 82 valence electrons. The number of carbonyl (C=O) groups excluding carboxylic acids is 1. The van der Waals surface area contributed by atoms with Crippen molar-refractivity contribution >= 4 is 40.9 Å². The van der Waals surface area contributed by atoms with Gasteiger partial charge in [-0.05, 0) is 24.6 Å². The molecular weight excluding hydrogens is 248 g/mol. The third-order valence-electron chi connectivity index (χ3n) is 2.03. The van der Waals surface area contributed by atoms with Crippen LogP contribution in [0.2, 0.25) is 0 Å². The molecule has 0 aliphatic heterocycles. The van der Waals surface area contributed by atoms with Gasteiger partial charge in [-0.25, -0.2) is 0 Å². The third-order valence-corrected chi connectivity index (χ3v) is 3.78. The molecule has 0 N–H and O–H groups in total. The van der Waals surface area contributed by atoms with Crippen molar-refractivity contribution in [3.05, 3.63) is 23.8 Å². The minimum atomic E-state index is 0.138. The highest BCUT2D eigenvalue weighted by atomic mass is 35.5. The summed E-state index contributed by atoms with van der Waals surface area (Å²) in [5.74, 6) is 0.523. The molecule has 0 saturated carbocycles. The lowest BCUT2D eigenvalue weighted by Gasteiger charge is -2.09. The van der Waals surface area contributed by atoms with Crippen molar-refractivity contribution in [2.24, 2.45) is 0 Å². The highest BCUT2D eigenvalue weighted by molar-refractivity contribution is 7.99. The summed E-state index contributed by atoms with van der Waals surface area (Å²) in [6, 6.07) is 5.94. The fourth-order valence-electron chi connectivity index (χ4n) is 1.34. The molecule has 1 aromatic carbocycles. The smallest absolute Gasteiger partial charge is 0.166 e. The maximum Gasteiger partial charge on any atom is 0.166 e. The van der Waals surface area contributed by atoms with Gasteiger partial charge in [-0.3, -0.25) is 4.79 Å². The third kappa shape index (κ3) is 3.16. The molecule has 0 aliphatic carbocycles. The van der Waals surface area contributed by atoms with E-state index in [0.717, 1.165) is 15.4 Å². The van der Waals surface area contributed by atoms with Crippen molar-refractivity contribution in [3.63, 3.8) is 0 Å². The Kier molecular flexibility index (Phi) is 5.58. The van der Waals surface area contributed by atoms with Crippen LogP contribution in [-0.2, 0) is 0 Å². The summed E-state index contributed by atoms with van der Waals surface area (Å²) in [6.45, 7) is 0. The summed E-state index contributed by atoms with van der Waals surface area (Å²) in [5.41, 5.74) is 0.832. The molecule has 0 bridgehead atoms. The molecule has 1 rings (SSSR count). The van der Waals surface area contributed by atoms with Crippen LogP contribution in [0.15, 0.2) is 28.0 Å². The molecule has 15 heavy (non-hydrogen) atoms. The monoisotopic (exact) mass is 260 g/mol. The van der Waals surface area contributed by atoms with Gasteiger partial charge < -0.3 is 0 Å². The average Bonchev–Trinajstić information content (AvgIpc) is 2.28. The number of rotatable bonds is 5. The quantitative estimate of drug-likeness (QED) is 0.453. The maximum atomic E-state index is 11.9. The van der Waals surface area contributed by atoms with E-state index < -0.39 is 0 Å². The maximum absolute atomic E-state index is 11.9. The van der Waals surface area contributed by atoms with Crippen LogP contribution >= 0.6 is 35.1 Å². The number of carbonyl (C=O) groups is 1. The van der Waals surface area contributed by atoms with Gasteiger partial charge in [0.2, 0.25) is 0 Å². The SMILES string of the molecule is CSc1cccc(SC)c1C(=O)CCCl. The number of alkyl halides is 1. The Hall–Kier alpha value is -0.120. The van der Waals surface area contributed by atoms with Gasteiger partial charge in [-0.2, -0.15) is 0 Å². The van der Waals surface area contributed by atoms with Gasteiger partial charge in [0, 0.05) is 27.7 Å². The van der Waals surface area contributed by atoms with Crippen LogP contribution in [0.1, 0.15) is 16.8 Å². The molecule has 0 aromatic heterocycles. The van der Waals surface area contributed by atoms with Crippen molar-refractivity contribution in [1.82, 2.24) is 0 Å². The predicted molar refractivity (Wildman–Crippen MR) is 69.7 cm³/mol. The van der Waals surface area contributed by atoms with Crippen molar-refractivity contribution in [3.8, 4) is 0 Å². The summed E-state index contributed by atoms with van der Waals surface area (Å²) < 4.78 is 0. The van der Waals surface area contributed by atoms with Gasteiger partial charge in [-0.15, -0.1) is 35.1 Å². The normalized spacial score (nSPS) is 10.3. The second-order valence-corrected chi connectivity index (χ2v) is 4.97. The van der Waals surface area contributed by atoms with E-state index in [1.165, 1.54) is 0 Å². The fraction of sp³-hybridized carbons (Fsp3) is 0.364. The van der Waals surface area contributed by atoms with Crippen LogP contribution in [0.3, 0.4) is 0 Å². The van der Waals surface area contributed by atoms with Crippen LogP contribution < -0.4 is 0 Å². The topological polar surface area (TPSA) is 17.1 Å².